The number of halogens is 1. The first-order chi connectivity index (χ1) is 7.13. The van der Waals surface area contributed by atoms with Gasteiger partial charge in [0.15, 0.2) is 5.65 Å². The van der Waals surface area contributed by atoms with Crippen LogP contribution >= 0.6 is 15.9 Å². The third kappa shape index (κ3) is 1.79. The van der Waals surface area contributed by atoms with Crippen LogP contribution in [0.2, 0.25) is 0 Å². The number of aryl methyl sites for hydroxylation is 2. The summed E-state index contributed by atoms with van der Waals surface area (Å²) >= 11 is 3.53. The van der Waals surface area contributed by atoms with E-state index in [4.69, 9.17) is 5.73 Å². The zero-order chi connectivity index (χ0) is 11.0. The van der Waals surface area contributed by atoms with E-state index < -0.39 is 0 Å². The van der Waals surface area contributed by atoms with Crippen molar-refractivity contribution in [2.45, 2.75) is 20.3 Å². The summed E-state index contributed by atoms with van der Waals surface area (Å²) in [6, 6.07) is 2.08. The molecule has 0 spiro atoms. The smallest absolute Gasteiger partial charge is 0.151 e. The predicted octanol–water partition coefficient (Wildman–Crippen LogP) is 2.21. The molecule has 0 saturated carbocycles. The van der Waals surface area contributed by atoms with E-state index >= 15 is 0 Å². The van der Waals surface area contributed by atoms with Crippen LogP contribution in [0.15, 0.2) is 16.7 Å². The third-order valence-electron chi connectivity index (χ3n) is 2.49. The van der Waals surface area contributed by atoms with Crippen molar-refractivity contribution >= 4 is 21.6 Å². The molecule has 80 valence electrons. The van der Waals surface area contributed by atoms with Crippen LogP contribution in [-0.2, 0) is 6.42 Å². The fourth-order valence-corrected chi connectivity index (χ4v) is 2.47. The predicted molar refractivity (Wildman–Crippen MR) is 65.1 cm³/mol. The number of hydrogen-bond acceptors (Lipinski definition) is 2. The maximum absolute atomic E-state index is 5.60. The van der Waals surface area contributed by atoms with E-state index in [-0.39, 0.29) is 0 Å². The standard InChI is InChI=1S/C11H14BrN3/c1-7-5-9(12)11-14-8(2)10(3-4-13)15(11)6-7/h5-6H,3-4,13H2,1-2H3. The van der Waals surface area contributed by atoms with Crippen LogP contribution < -0.4 is 5.73 Å². The van der Waals surface area contributed by atoms with E-state index in [2.05, 4.69) is 44.5 Å². The van der Waals surface area contributed by atoms with Crippen LogP contribution in [0.1, 0.15) is 17.0 Å². The molecule has 2 aromatic rings. The van der Waals surface area contributed by atoms with Gasteiger partial charge in [-0.25, -0.2) is 4.98 Å². The van der Waals surface area contributed by atoms with Gasteiger partial charge in [-0.1, -0.05) is 0 Å². The van der Waals surface area contributed by atoms with Crippen LogP contribution in [0, 0.1) is 13.8 Å². The number of nitrogens with two attached hydrogens (primary N) is 1. The highest BCUT2D eigenvalue weighted by atomic mass is 79.9. The molecule has 2 heterocycles. The van der Waals surface area contributed by atoms with E-state index in [0.717, 1.165) is 22.2 Å². The molecule has 4 heteroatoms. The van der Waals surface area contributed by atoms with Gasteiger partial charge in [-0.2, -0.15) is 0 Å². The highest BCUT2D eigenvalue weighted by molar-refractivity contribution is 9.10. The molecule has 2 rings (SSSR count). The Hall–Kier alpha value is -0.870. The summed E-state index contributed by atoms with van der Waals surface area (Å²) in [5.41, 5.74) is 10.1. The molecule has 0 bridgehead atoms. The Morgan fingerprint density at radius 2 is 2.20 bits per heavy atom. The van der Waals surface area contributed by atoms with Gasteiger partial charge in [0.25, 0.3) is 0 Å². The van der Waals surface area contributed by atoms with Crippen molar-refractivity contribution in [1.82, 2.24) is 9.38 Å². The summed E-state index contributed by atoms with van der Waals surface area (Å²) in [7, 11) is 0. The van der Waals surface area contributed by atoms with Crippen LogP contribution in [0.3, 0.4) is 0 Å². The van der Waals surface area contributed by atoms with Gasteiger partial charge in [-0.3, -0.25) is 0 Å². The van der Waals surface area contributed by atoms with Crippen molar-refractivity contribution in [3.63, 3.8) is 0 Å². The lowest BCUT2D eigenvalue weighted by molar-refractivity contribution is 0.891. The van der Waals surface area contributed by atoms with E-state index in [0.29, 0.717) is 6.54 Å². The minimum Gasteiger partial charge on any atom is -0.330 e. The Morgan fingerprint density at radius 3 is 2.87 bits per heavy atom. The molecule has 0 unspecified atom stereocenters. The normalized spacial score (nSPS) is 11.2. The molecule has 0 aromatic carbocycles. The van der Waals surface area contributed by atoms with Gasteiger partial charge in [0, 0.05) is 18.3 Å². The fraction of sp³-hybridized carbons (Fsp3) is 0.364. The summed E-state index contributed by atoms with van der Waals surface area (Å²) in [5, 5.41) is 0. The second kappa shape index (κ2) is 3.94. The third-order valence-corrected chi connectivity index (χ3v) is 3.08. The monoisotopic (exact) mass is 267 g/mol. The molecule has 0 saturated heterocycles. The summed E-state index contributed by atoms with van der Waals surface area (Å²) < 4.78 is 3.16. The summed E-state index contributed by atoms with van der Waals surface area (Å²) in [6.07, 6.45) is 2.97. The molecular formula is C11H14BrN3. The minimum absolute atomic E-state index is 0.653. The van der Waals surface area contributed by atoms with Gasteiger partial charge < -0.3 is 10.1 Å². The average molecular weight is 268 g/mol. The maximum Gasteiger partial charge on any atom is 0.151 e. The lowest BCUT2D eigenvalue weighted by Crippen LogP contribution is -2.06. The number of pyridine rings is 1. The molecule has 0 aliphatic heterocycles. The van der Waals surface area contributed by atoms with Gasteiger partial charge in [0.05, 0.1) is 10.2 Å². The molecule has 0 fully saturated rings. The Balaban J connectivity index is 2.74. The van der Waals surface area contributed by atoms with E-state index in [1.807, 2.05) is 6.92 Å². The zero-order valence-electron chi connectivity index (χ0n) is 8.92. The average Bonchev–Trinajstić information content (AvgIpc) is 2.46. The van der Waals surface area contributed by atoms with E-state index in [1.54, 1.807) is 0 Å². The van der Waals surface area contributed by atoms with Crippen LogP contribution in [-0.4, -0.2) is 15.9 Å². The van der Waals surface area contributed by atoms with Gasteiger partial charge in [-0.05, 0) is 48.0 Å². The first kappa shape index (κ1) is 10.6. The second-order valence-corrected chi connectivity index (χ2v) is 4.60. The molecule has 0 aliphatic carbocycles. The number of hydrogen-bond donors (Lipinski definition) is 1. The Kier molecular flexibility index (Phi) is 2.80. The van der Waals surface area contributed by atoms with Gasteiger partial charge in [0.2, 0.25) is 0 Å². The maximum atomic E-state index is 5.60. The van der Waals surface area contributed by atoms with Gasteiger partial charge >= 0.3 is 0 Å². The van der Waals surface area contributed by atoms with Crippen molar-refractivity contribution in [3.05, 3.63) is 33.7 Å². The molecule has 0 aliphatic rings. The Labute approximate surface area is 97.4 Å². The molecule has 2 aromatic heterocycles. The van der Waals surface area contributed by atoms with Crippen molar-refractivity contribution in [2.75, 3.05) is 6.54 Å². The second-order valence-electron chi connectivity index (χ2n) is 3.74. The topological polar surface area (TPSA) is 43.3 Å². The van der Waals surface area contributed by atoms with Crippen LogP contribution in [0.25, 0.3) is 5.65 Å². The first-order valence-electron chi connectivity index (χ1n) is 4.97. The van der Waals surface area contributed by atoms with Crippen molar-refractivity contribution < 1.29 is 0 Å². The zero-order valence-corrected chi connectivity index (χ0v) is 10.5. The van der Waals surface area contributed by atoms with Crippen LogP contribution in [0.4, 0.5) is 0 Å². The number of aromatic nitrogens is 2. The molecule has 3 nitrogen and oxygen atoms in total. The first-order valence-corrected chi connectivity index (χ1v) is 5.76. The molecule has 0 amide bonds. The molecule has 0 radical (unpaired) electrons. The van der Waals surface area contributed by atoms with Gasteiger partial charge in [0.1, 0.15) is 0 Å². The highest BCUT2D eigenvalue weighted by Crippen LogP contribution is 2.22. The van der Waals surface area contributed by atoms with E-state index in [9.17, 15) is 0 Å². The number of rotatable bonds is 2. The van der Waals surface area contributed by atoms with Crippen molar-refractivity contribution in [3.8, 4) is 0 Å². The van der Waals surface area contributed by atoms with Crippen molar-refractivity contribution in [2.24, 2.45) is 5.73 Å². The van der Waals surface area contributed by atoms with E-state index in [1.165, 1.54) is 11.3 Å². The lowest BCUT2D eigenvalue weighted by Gasteiger charge is -2.03. The number of fused-ring (bicyclic) bond motifs is 1. The van der Waals surface area contributed by atoms with Gasteiger partial charge in [-0.15, -0.1) is 0 Å². The number of imidazole rings is 1. The summed E-state index contributed by atoms with van der Waals surface area (Å²) in [4.78, 5) is 4.53. The molecule has 2 N–H and O–H groups in total. The van der Waals surface area contributed by atoms with Crippen molar-refractivity contribution in [1.29, 1.82) is 0 Å². The molecule has 15 heavy (non-hydrogen) atoms. The number of nitrogens with zero attached hydrogens (tertiary/aromatic N) is 2. The highest BCUT2D eigenvalue weighted by Gasteiger charge is 2.10. The minimum atomic E-state index is 0.653. The lowest BCUT2D eigenvalue weighted by atomic mass is 10.2. The Morgan fingerprint density at radius 1 is 1.47 bits per heavy atom. The quantitative estimate of drug-likeness (QED) is 0.907. The van der Waals surface area contributed by atoms with Crippen LogP contribution in [0.5, 0.6) is 0 Å². The SMILES string of the molecule is Cc1cc(Br)c2nc(C)c(CCN)n2c1. The molecule has 0 atom stereocenters. The largest absolute Gasteiger partial charge is 0.330 e. The summed E-state index contributed by atoms with van der Waals surface area (Å²) in [6.45, 7) is 4.76. The molecular weight excluding hydrogens is 254 g/mol. The fourth-order valence-electron chi connectivity index (χ4n) is 1.83. The summed E-state index contributed by atoms with van der Waals surface area (Å²) in [5.74, 6) is 0. The Bertz CT molecular complexity index is 502.